The smallest absolute Gasteiger partial charge is 0.234 e. The summed E-state index contributed by atoms with van der Waals surface area (Å²) in [5.41, 5.74) is 0. The lowest BCUT2D eigenvalue weighted by molar-refractivity contribution is -0.120. The molecule has 0 spiro atoms. The van der Waals surface area contributed by atoms with E-state index in [1.54, 1.807) is 25.1 Å². The van der Waals surface area contributed by atoms with Crippen molar-refractivity contribution in [2.75, 3.05) is 19.6 Å². The van der Waals surface area contributed by atoms with E-state index in [9.17, 15) is 9.18 Å². The Morgan fingerprint density at radius 2 is 2.20 bits per heavy atom. The zero-order valence-electron chi connectivity index (χ0n) is 11.7. The van der Waals surface area contributed by atoms with Crippen LogP contribution in [0, 0.1) is 11.7 Å². The maximum atomic E-state index is 13.4. The van der Waals surface area contributed by atoms with Crippen LogP contribution in [0.2, 0.25) is 0 Å². The average molecular weight is 280 g/mol. The molecule has 0 aliphatic heterocycles. The van der Waals surface area contributed by atoms with Gasteiger partial charge in [-0.1, -0.05) is 12.1 Å². The van der Waals surface area contributed by atoms with Crippen LogP contribution in [-0.2, 0) is 4.79 Å². The Morgan fingerprint density at radius 1 is 1.45 bits per heavy atom. The number of ether oxygens (including phenoxy) is 1. The van der Waals surface area contributed by atoms with Gasteiger partial charge >= 0.3 is 0 Å². The van der Waals surface area contributed by atoms with E-state index in [0.29, 0.717) is 13.1 Å². The topological polar surface area (TPSA) is 50.4 Å². The van der Waals surface area contributed by atoms with E-state index < -0.39 is 5.82 Å². The van der Waals surface area contributed by atoms with Crippen LogP contribution >= 0.6 is 0 Å². The average Bonchev–Trinajstić information content (AvgIpc) is 3.23. The summed E-state index contributed by atoms with van der Waals surface area (Å²) in [4.78, 5) is 11.6. The Hall–Kier alpha value is -1.62. The standard InChI is InChI=1S/C15H21FN2O2/c1-11(20-14-5-3-2-4-13(14)16)8-18-15(19)10-17-9-12-6-7-12/h2-5,11-12,17H,6-10H2,1H3,(H,18,19). The third-order valence-electron chi connectivity index (χ3n) is 3.17. The van der Waals surface area contributed by atoms with Crippen molar-refractivity contribution in [2.45, 2.75) is 25.9 Å². The summed E-state index contributed by atoms with van der Waals surface area (Å²) in [5, 5.41) is 5.88. The highest BCUT2D eigenvalue weighted by atomic mass is 19.1. The number of hydrogen-bond donors (Lipinski definition) is 2. The molecule has 4 nitrogen and oxygen atoms in total. The Labute approximate surface area is 118 Å². The minimum Gasteiger partial charge on any atom is -0.486 e. The molecule has 20 heavy (non-hydrogen) atoms. The lowest BCUT2D eigenvalue weighted by Gasteiger charge is -2.16. The van der Waals surface area contributed by atoms with E-state index in [0.717, 1.165) is 12.5 Å². The predicted molar refractivity (Wildman–Crippen MR) is 75.1 cm³/mol. The number of hydrogen-bond acceptors (Lipinski definition) is 3. The highest BCUT2D eigenvalue weighted by Gasteiger charge is 2.20. The second-order valence-corrected chi connectivity index (χ2v) is 5.24. The molecule has 5 heteroatoms. The lowest BCUT2D eigenvalue weighted by Crippen LogP contribution is -2.39. The van der Waals surface area contributed by atoms with Crippen LogP contribution in [0.4, 0.5) is 4.39 Å². The van der Waals surface area contributed by atoms with Crippen molar-refractivity contribution in [3.63, 3.8) is 0 Å². The summed E-state index contributed by atoms with van der Waals surface area (Å²) in [6.45, 7) is 3.39. The summed E-state index contributed by atoms with van der Waals surface area (Å²) in [7, 11) is 0. The molecule has 110 valence electrons. The largest absolute Gasteiger partial charge is 0.486 e. The summed E-state index contributed by atoms with van der Waals surface area (Å²) in [5.74, 6) is 0.513. The number of carbonyl (C=O) groups excluding carboxylic acids is 1. The molecule has 0 radical (unpaired) electrons. The van der Waals surface area contributed by atoms with Gasteiger partial charge in [-0.05, 0) is 44.4 Å². The molecule has 1 amide bonds. The third kappa shape index (κ3) is 5.17. The first-order chi connectivity index (χ1) is 9.65. The lowest BCUT2D eigenvalue weighted by atomic mass is 10.3. The molecule has 1 aromatic rings. The van der Waals surface area contributed by atoms with E-state index in [1.807, 2.05) is 0 Å². The van der Waals surface area contributed by atoms with Crippen LogP contribution in [0.25, 0.3) is 0 Å². The molecule has 1 aliphatic rings. The number of para-hydroxylation sites is 1. The van der Waals surface area contributed by atoms with Crippen LogP contribution in [0.3, 0.4) is 0 Å². The molecular weight excluding hydrogens is 259 g/mol. The third-order valence-corrected chi connectivity index (χ3v) is 3.17. The molecule has 1 atom stereocenters. The van der Waals surface area contributed by atoms with Crippen molar-refractivity contribution in [2.24, 2.45) is 5.92 Å². The highest BCUT2D eigenvalue weighted by Crippen LogP contribution is 2.27. The van der Waals surface area contributed by atoms with Gasteiger partial charge in [0.2, 0.25) is 5.91 Å². The molecule has 1 fully saturated rings. The van der Waals surface area contributed by atoms with Crippen molar-refractivity contribution in [1.29, 1.82) is 0 Å². The van der Waals surface area contributed by atoms with Crippen molar-refractivity contribution in [3.8, 4) is 5.75 Å². The van der Waals surface area contributed by atoms with E-state index in [-0.39, 0.29) is 17.8 Å². The van der Waals surface area contributed by atoms with E-state index in [2.05, 4.69) is 10.6 Å². The Bertz CT molecular complexity index is 449. The van der Waals surface area contributed by atoms with Crippen molar-refractivity contribution >= 4 is 5.91 Å². The molecule has 1 aliphatic carbocycles. The summed E-state index contributed by atoms with van der Waals surface area (Å²) in [6.07, 6.45) is 2.25. The SMILES string of the molecule is CC(CNC(=O)CNCC1CC1)Oc1ccccc1F. The van der Waals surface area contributed by atoms with Gasteiger partial charge in [0.05, 0.1) is 13.1 Å². The second-order valence-electron chi connectivity index (χ2n) is 5.24. The molecule has 0 heterocycles. The molecular formula is C15H21FN2O2. The van der Waals surface area contributed by atoms with E-state index in [1.165, 1.54) is 18.9 Å². The van der Waals surface area contributed by atoms with Crippen LogP contribution in [0.15, 0.2) is 24.3 Å². The van der Waals surface area contributed by atoms with Crippen LogP contribution in [0.5, 0.6) is 5.75 Å². The molecule has 1 aromatic carbocycles. The minimum atomic E-state index is -0.392. The fraction of sp³-hybridized carbons (Fsp3) is 0.533. The van der Waals surface area contributed by atoms with Gasteiger partial charge in [0.25, 0.3) is 0 Å². The number of rotatable bonds is 8. The van der Waals surface area contributed by atoms with E-state index >= 15 is 0 Å². The number of carbonyl (C=O) groups is 1. The fourth-order valence-electron chi connectivity index (χ4n) is 1.83. The van der Waals surface area contributed by atoms with E-state index in [4.69, 9.17) is 4.74 Å². The molecule has 2 N–H and O–H groups in total. The number of benzene rings is 1. The number of nitrogens with one attached hydrogen (secondary N) is 2. The monoisotopic (exact) mass is 280 g/mol. The zero-order valence-corrected chi connectivity index (χ0v) is 11.7. The van der Waals surface area contributed by atoms with Gasteiger partial charge in [0.15, 0.2) is 11.6 Å². The van der Waals surface area contributed by atoms with Crippen LogP contribution in [-0.4, -0.2) is 31.6 Å². The molecule has 2 rings (SSSR count). The zero-order chi connectivity index (χ0) is 14.4. The summed E-state index contributed by atoms with van der Waals surface area (Å²) in [6, 6.07) is 6.25. The van der Waals surface area contributed by atoms with Gasteiger partial charge < -0.3 is 15.4 Å². The van der Waals surface area contributed by atoms with Crippen LogP contribution < -0.4 is 15.4 Å². The minimum absolute atomic E-state index is 0.0605. The summed E-state index contributed by atoms with van der Waals surface area (Å²) >= 11 is 0. The number of halogens is 1. The predicted octanol–water partition coefficient (Wildman–Crippen LogP) is 1.71. The van der Waals surface area contributed by atoms with Gasteiger partial charge in [0, 0.05) is 0 Å². The Morgan fingerprint density at radius 3 is 2.90 bits per heavy atom. The highest BCUT2D eigenvalue weighted by molar-refractivity contribution is 5.77. The Kier molecular flexibility index (Phi) is 5.35. The molecule has 1 saturated carbocycles. The van der Waals surface area contributed by atoms with Gasteiger partial charge in [-0.2, -0.15) is 0 Å². The van der Waals surface area contributed by atoms with Gasteiger partial charge in [0.1, 0.15) is 6.10 Å². The normalized spacial score (nSPS) is 15.7. The Balaban J connectivity index is 1.62. The quantitative estimate of drug-likeness (QED) is 0.762. The van der Waals surface area contributed by atoms with Gasteiger partial charge in [-0.3, -0.25) is 4.79 Å². The first-order valence-electron chi connectivity index (χ1n) is 7.03. The van der Waals surface area contributed by atoms with Crippen molar-refractivity contribution < 1.29 is 13.9 Å². The first kappa shape index (κ1) is 14.8. The van der Waals surface area contributed by atoms with Crippen molar-refractivity contribution in [1.82, 2.24) is 10.6 Å². The molecule has 0 bridgehead atoms. The molecule has 0 saturated heterocycles. The number of amides is 1. The van der Waals surface area contributed by atoms with Crippen molar-refractivity contribution in [3.05, 3.63) is 30.1 Å². The maximum Gasteiger partial charge on any atom is 0.234 e. The molecule has 0 aromatic heterocycles. The fourth-order valence-corrected chi connectivity index (χ4v) is 1.83. The first-order valence-corrected chi connectivity index (χ1v) is 7.03. The van der Waals surface area contributed by atoms with Gasteiger partial charge in [-0.25, -0.2) is 4.39 Å². The molecule has 1 unspecified atom stereocenters. The second kappa shape index (κ2) is 7.24. The maximum absolute atomic E-state index is 13.4. The van der Waals surface area contributed by atoms with Gasteiger partial charge in [-0.15, -0.1) is 0 Å². The van der Waals surface area contributed by atoms with Crippen LogP contribution in [0.1, 0.15) is 19.8 Å². The summed E-state index contributed by atoms with van der Waals surface area (Å²) < 4.78 is 18.8.